The molecule has 0 amide bonds. The van der Waals surface area contributed by atoms with E-state index >= 15 is 0 Å². The number of hydrogen-bond donors (Lipinski definition) is 0. The molecule has 0 saturated heterocycles. The molecule has 0 aromatic heterocycles. The number of hydrogen-bond acceptors (Lipinski definition) is 2. The minimum Gasteiger partial charge on any atom is -0.286 e. The fourth-order valence-corrected chi connectivity index (χ4v) is 2.84. The molecule has 3 heteroatoms. The van der Waals surface area contributed by atoms with Crippen molar-refractivity contribution in [2.45, 2.75) is 46.7 Å². The molecule has 0 radical (unpaired) electrons. The van der Waals surface area contributed by atoms with E-state index in [0.29, 0.717) is 0 Å². The van der Waals surface area contributed by atoms with Gasteiger partial charge in [-0.15, -0.1) is 5.70 Å². The lowest BCUT2D eigenvalue weighted by atomic mass is 10.0. The molecular weight excluding hydrogens is 212 g/mol. The maximum atomic E-state index is 2.57. The van der Waals surface area contributed by atoms with E-state index in [2.05, 4.69) is 56.2 Å². The Labute approximate surface area is 105 Å². The fourth-order valence-electron chi connectivity index (χ4n) is 2.61. The lowest BCUT2D eigenvalue weighted by Crippen LogP contribution is -2.58. The van der Waals surface area contributed by atoms with Crippen molar-refractivity contribution in [2.75, 3.05) is 26.2 Å². The van der Waals surface area contributed by atoms with E-state index in [-0.39, 0.29) is 5.66 Å². The molecule has 0 N–H and O–H groups in total. The van der Waals surface area contributed by atoms with Crippen LogP contribution >= 0.6 is 0 Å². The molecular formula is C13H30N2Si. The van der Waals surface area contributed by atoms with Crippen molar-refractivity contribution < 1.29 is 0 Å². The van der Waals surface area contributed by atoms with Gasteiger partial charge in [-0.1, -0.05) is 33.8 Å². The van der Waals surface area contributed by atoms with Gasteiger partial charge in [-0.05, 0) is 39.5 Å². The van der Waals surface area contributed by atoms with Crippen LogP contribution in [-0.4, -0.2) is 51.9 Å². The molecule has 16 heavy (non-hydrogen) atoms. The van der Waals surface area contributed by atoms with Crippen LogP contribution in [0.4, 0.5) is 0 Å². The first-order valence-corrected chi connectivity index (χ1v) is 7.87. The van der Waals surface area contributed by atoms with E-state index in [0.717, 1.165) is 42.8 Å². The Balaban J connectivity index is 4.97. The topological polar surface area (TPSA) is 6.48 Å². The third-order valence-corrected chi connectivity index (χ3v) is 4.10. The van der Waals surface area contributed by atoms with E-state index in [9.17, 15) is 0 Å². The van der Waals surface area contributed by atoms with Crippen LogP contribution in [0.15, 0.2) is 11.8 Å². The summed E-state index contributed by atoms with van der Waals surface area (Å²) in [6.45, 7) is 15.9. The third-order valence-electron chi connectivity index (χ3n) is 3.63. The predicted octanol–water partition coefficient (Wildman–Crippen LogP) is 1.66. The van der Waals surface area contributed by atoms with Crippen LogP contribution in [0.1, 0.15) is 41.0 Å². The smallest absolute Gasteiger partial charge is 0.0743 e. The summed E-state index contributed by atoms with van der Waals surface area (Å²) in [6.07, 6.45) is 3.49. The molecule has 0 aromatic carbocycles. The fraction of sp³-hybridized carbons (Fsp3) is 0.846. The summed E-state index contributed by atoms with van der Waals surface area (Å²) in [5, 5.41) is 0. The summed E-state index contributed by atoms with van der Waals surface area (Å²) in [5.41, 5.74) is 2.49. The van der Waals surface area contributed by atoms with E-state index in [1.807, 2.05) is 0 Å². The van der Waals surface area contributed by atoms with Gasteiger partial charge in [0.25, 0.3) is 0 Å². The lowest BCUT2D eigenvalue weighted by molar-refractivity contribution is -0.0334. The van der Waals surface area contributed by atoms with Crippen molar-refractivity contribution >= 4 is 10.2 Å². The van der Waals surface area contributed by atoms with Crippen LogP contribution < -0.4 is 0 Å². The Morgan fingerprint density at radius 2 is 1.31 bits per heavy atom. The highest BCUT2D eigenvalue weighted by molar-refractivity contribution is 6.16. The van der Waals surface area contributed by atoms with Crippen LogP contribution in [-0.2, 0) is 0 Å². The zero-order chi connectivity index (χ0) is 12.6. The van der Waals surface area contributed by atoms with Gasteiger partial charge in [0.05, 0.1) is 5.66 Å². The van der Waals surface area contributed by atoms with E-state index in [1.54, 1.807) is 0 Å². The Morgan fingerprint density at radius 3 is 1.56 bits per heavy atom. The van der Waals surface area contributed by atoms with Gasteiger partial charge in [0, 0.05) is 10.2 Å². The van der Waals surface area contributed by atoms with Crippen molar-refractivity contribution in [1.82, 2.24) is 9.80 Å². The standard InChI is InChI=1S/C13H30N2Si/c1-6-14(7-2)13(5,11-10-12-16)15(8-3)9-4/h10,12H,6-9,11H2,1-5,16H3/b12-10+. The van der Waals surface area contributed by atoms with Crippen molar-refractivity contribution in [3.63, 3.8) is 0 Å². The Hall–Kier alpha value is -0.123. The van der Waals surface area contributed by atoms with Gasteiger partial charge in [0.1, 0.15) is 0 Å². The summed E-state index contributed by atoms with van der Waals surface area (Å²) in [7, 11) is 1.16. The minimum absolute atomic E-state index is 0.188. The van der Waals surface area contributed by atoms with Gasteiger partial charge >= 0.3 is 0 Å². The van der Waals surface area contributed by atoms with E-state index < -0.39 is 0 Å². The molecule has 0 atom stereocenters. The first-order valence-electron chi connectivity index (χ1n) is 6.71. The van der Waals surface area contributed by atoms with Gasteiger partial charge in [0.15, 0.2) is 0 Å². The van der Waals surface area contributed by atoms with E-state index in [1.165, 1.54) is 0 Å². The van der Waals surface area contributed by atoms with Gasteiger partial charge in [-0.25, -0.2) is 0 Å². The summed E-state index contributed by atoms with van der Waals surface area (Å²) in [4.78, 5) is 5.14. The molecule has 0 fully saturated rings. The van der Waals surface area contributed by atoms with Crippen LogP contribution in [0.2, 0.25) is 0 Å². The number of nitrogens with zero attached hydrogens (tertiary/aromatic N) is 2. The van der Waals surface area contributed by atoms with Crippen LogP contribution in [0.5, 0.6) is 0 Å². The largest absolute Gasteiger partial charge is 0.286 e. The molecule has 0 rings (SSSR count). The van der Waals surface area contributed by atoms with Gasteiger partial charge in [-0.2, -0.15) is 0 Å². The first-order chi connectivity index (χ1) is 7.60. The first kappa shape index (κ1) is 15.9. The molecule has 0 spiro atoms. The molecule has 0 aliphatic heterocycles. The second kappa shape index (κ2) is 8.04. The Bertz CT molecular complexity index is 184. The summed E-state index contributed by atoms with van der Waals surface area (Å²) in [5.74, 6) is 0. The quantitative estimate of drug-likeness (QED) is 0.472. The molecule has 2 nitrogen and oxygen atoms in total. The highest BCUT2D eigenvalue weighted by atomic mass is 28.1. The Kier molecular flexibility index (Phi) is 7.98. The zero-order valence-electron chi connectivity index (χ0n) is 12.1. The summed E-state index contributed by atoms with van der Waals surface area (Å²) in [6, 6.07) is 0. The third kappa shape index (κ3) is 3.72. The minimum atomic E-state index is 0.188. The van der Waals surface area contributed by atoms with Crippen molar-refractivity contribution in [3.05, 3.63) is 11.8 Å². The second-order valence-electron chi connectivity index (χ2n) is 4.33. The van der Waals surface area contributed by atoms with Crippen LogP contribution in [0, 0.1) is 0 Å². The Morgan fingerprint density at radius 1 is 0.938 bits per heavy atom. The van der Waals surface area contributed by atoms with Gasteiger partial charge in [-0.3, -0.25) is 9.80 Å². The zero-order valence-corrected chi connectivity index (χ0v) is 14.1. The molecule has 0 aliphatic carbocycles. The molecule has 0 heterocycles. The average molecular weight is 242 g/mol. The van der Waals surface area contributed by atoms with Crippen molar-refractivity contribution in [2.24, 2.45) is 0 Å². The summed E-state index contributed by atoms with van der Waals surface area (Å²) < 4.78 is 0. The SMILES string of the molecule is CCN(CC)C(C)(C/C=C/[SiH3])N(CC)CC. The van der Waals surface area contributed by atoms with Crippen molar-refractivity contribution in [3.8, 4) is 0 Å². The maximum Gasteiger partial charge on any atom is 0.0743 e. The normalized spacial score (nSPS) is 13.4. The van der Waals surface area contributed by atoms with E-state index in [4.69, 9.17) is 0 Å². The molecule has 96 valence electrons. The van der Waals surface area contributed by atoms with Gasteiger partial charge < -0.3 is 0 Å². The molecule has 0 saturated carbocycles. The predicted molar refractivity (Wildman–Crippen MR) is 77.9 cm³/mol. The summed E-state index contributed by atoms with van der Waals surface area (Å²) >= 11 is 0. The highest BCUT2D eigenvalue weighted by Crippen LogP contribution is 2.24. The van der Waals surface area contributed by atoms with Crippen molar-refractivity contribution in [1.29, 1.82) is 0 Å². The molecule has 0 aliphatic rings. The van der Waals surface area contributed by atoms with Crippen LogP contribution in [0.3, 0.4) is 0 Å². The molecule has 0 aromatic rings. The lowest BCUT2D eigenvalue weighted by Gasteiger charge is -2.47. The highest BCUT2D eigenvalue weighted by Gasteiger charge is 2.33. The average Bonchev–Trinajstić information content (AvgIpc) is 2.29. The second-order valence-corrected chi connectivity index (χ2v) is 5.00. The van der Waals surface area contributed by atoms with Gasteiger partial charge in [0.2, 0.25) is 0 Å². The van der Waals surface area contributed by atoms with Crippen LogP contribution in [0.25, 0.3) is 0 Å². The molecule has 0 bridgehead atoms. The number of rotatable bonds is 8. The molecule has 0 unspecified atom stereocenters. The monoisotopic (exact) mass is 242 g/mol. The maximum absolute atomic E-state index is 2.57.